The van der Waals surface area contributed by atoms with Crippen LogP contribution in [0, 0.1) is 5.92 Å². The van der Waals surface area contributed by atoms with Gasteiger partial charge in [-0.3, -0.25) is 14.3 Å². The number of methoxy groups -OCH3 is 1. The minimum Gasteiger partial charge on any atom is -0.383 e. The second-order valence-corrected chi connectivity index (χ2v) is 5.44. The molecule has 0 aliphatic carbocycles. The van der Waals surface area contributed by atoms with Crippen molar-refractivity contribution in [1.82, 2.24) is 20.0 Å². The number of rotatable bonds is 5. The Labute approximate surface area is 124 Å². The molecular weight excluding hydrogens is 272 g/mol. The minimum atomic E-state index is -0.483. The van der Waals surface area contributed by atoms with Gasteiger partial charge in [0.15, 0.2) is 0 Å². The smallest absolute Gasteiger partial charge is 0.246 e. The largest absolute Gasteiger partial charge is 0.383 e. The standard InChI is InChI=1S/C14H22N4O3/c1-10(2)14(20)17-8-11-4-5-16-18(11)12(9-17)13(19)15-6-7-21-3/h4-5,10,12H,6-9H2,1-3H3,(H,15,19)/t12-/m1/s1. The molecule has 0 spiro atoms. The van der Waals surface area contributed by atoms with Crippen LogP contribution in [0.3, 0.4) is 0 Å². The van der Waals surface area contributed by atoms with Gasteiger partial charge in [-0.25, -0.2) is 0 Å². The van der Waals surface area contributed by atoms with Crippen molar-refractivity contribution < 1.29 is 14.3 Å². The zero-order chi connectivity index (χ0) is 15.4. The third-order valence-electron chi connectivity index (χ3n) is 3.51. The summed E-state index contributed by atoms with van der Waals surface area (Å²) in [4.78, 5) is 26.2. The van der Waals surface area contributed by atoms with Crippen molar-refractivity contribution in [2.24, 2.45) is 5.92 Å². The summed E-state index contributed by atoms with van der Waals surface area (Å²) in [6.45, 7) is 5.48. The summed E-state index contributed by atoms with van der Waals surface area (Å²) in [6.07, 6.45) is 1.66. The number of nitrogens with zero attached hydrogens (tertiary/aromatic N) is 3. The van der Waals surface area contributed by atoms with Crippen LogP contribution >= 0.6 is 0 Å². The first kappa shape index (κ1) is 15.5. The lowest BCUT2D eigenvalue weighted by Crippen LogP contribution is -2.48. The van der Waals surface area contributed by atoms with E-state index in [0.717, 1.165) is 5.69 Å². The number of hydrogen-bond donors (Lipinski definition) is 1. The van der Waals surface area contributed by atoms with Crippen LogP contribution in [0.15, 0.2) is 12.3 Å². The molecule has 1 atom stereocenters. The molecule has 0 saturated heterocycles. The fraction of sp³-hybridized carbons (Fsp3) is 0.643. The third-order valence-corrected chi connectivity index (χ3v) is 3.51. The zero-order valence-corrected chi connectivity index (χ0v) is 12.7. The maximum Gasteiger partial charge on any atom is 0.246 e. The van der Waals surface area contributed by atoms with E-state index in [1.54, 1.807) is 22.9 Å². The van der Waals surface area contributed by atoms with E-state index in [9.17, 15) is 9.59 Å². The van der Waals surface area contributed by atoms with E-state index in [-0.39, 0.29) is 17.7 Å². The SMILES string of the molecule is COCCNC(=O)[C@H]1CN(C(=O)C(C)C)Cc2ccnn21. The van der Waals surface area contributed by atoms with Gasteiger partial charge in [0.05, 0.1) is 25.4 Å². The van der Waals surface area contributed by atoms with Crippen LogP contribution in [0.5, 0.6) is 0 Å². The van der Waals surface area contributed by atoms with Gasteiger partial charge in [0, 0.05) is 25.8 Å². The van der Waals surface area contributed by atoms with E-state index in [4.69, 9.17) is 4.74 Å². The van der Waals surface area contributed by atoms with Gasteiger partial charge < -0.3 is 15.0 Å². The molecule has 2 amide bonds. The monoisotopic (exact) mass is 294 g/mol. The van der Waals surface area contributed by atoms with E-state index < -0.39 is 6.04 Å². The number of ether oxygens (including phenoxy) is 1. The maximum absolute atomic E-state index is 12.3. The van der Waals surface area contributed by atoms with E-state index >= 15 is 0 Å². The molecule has 0 unspecified atom stereocenters. The lowest BCUT2D eigenvalue weighted by molar-refractivity contribution is -0.138. The summed E-state index contributed by atoms with van der Waals surface area (Å²) in [6, 6.07) is 1.36. The van der Waals surface area contributed by atoms with Crippen molar-refractivity contribution in [2.45, 2.75) is 26.4 Å². The molecule has 1 aliphatic heterocycles. The first-order valence-corrected chi connectivity index (χ1v) is 7.12. The van der Waals surface area contributed by atoms with Gasteiger partial charge in [0.25, 0.3) is 0 Å². The molecule has 0 saturated carbocycles. The highest BCUT2D eigenvalue weighted by atomic mass is 16.5. The summed E-state index contributed by atoms with van der Waals surface area (Å²) < 4.78 is 6.62. The van der Waals surface area contributed by atoms with Crippen molar-refractivity contribution in [1.29, 1.82) is 0 Å². The van der Waals surface area contributed by atoms with E-state index in [1.807, 2.05) is 19.9 Å². The fourth-order valence-electron chi connectivity index (χ4n) is 2.41. The Morgan fingerprint density at radius 1 is 1.52 bits per heavy atom. The molecule has 1 N–H and O–H groups in total. The Morgan fingerprint density at radius 2 is 2.29 bits per heavy atom. The number of aromatic nitrogens is 2. The second-order valence-electron chi connectivity index (χ2n) is 5.44. The van der Waals surface area contributed by atoms with Crippen LogP contribution in [0.1, 0.15) is 25.6 Å². The highest BCUT2D eigenvalue weighted by Gasteiger charge is 2.33. The Balaban J connectivity index is 2.13. The Hall–Kier alpha value is -1.89. The van der Waals surface area contributed by atoms with Crippen LogP contribution in [-0.4, -0.2) is 53.3 Å². The van der Waals surface area contributed by atoms with Gasteiger partial charge >= 0.3 is 0 Å². The molecule has 7 heteroatoms. The van der Waals surface area contributed by atoms with Crippen molar-refractivity contribution >= 4 is 11.8 Å². The lowest BCUT2D eigenvalue weighted by Gasteiger charge is -2.34. The van der Waals surface area contributed by atoms with Crippen LogP contribution in [0.4, 0.5) is 0 Å². The quantitative estimate of drug-likeness (QED) is 0.786. The summed E-state index contributed by atoms with van der Waals surface area (Å²) in [5.74, 6) is -0.174. The summed E-state index contributed by atoms with van der Waals surface area (Å²) in [5, 5.41) is 7.02. The number of carbonyl (C=O) groups excluding carboxylic acids is 2. The fourth-order valence-corrected chi connectivity index (χ4v) is 2.41. The number of carbonyl (C=O) groups is 2. The van der Waals surface area contributed by atoms with E-state index in [0.29, 0.717) is 26.2 Å². The number of hydrogen-bond acceptors (Lipinski definition) is 4. The second kappa shape index (κ2) is 6.71. The third kappa shape index (κ3) is 3.41. The van der Waals surface area contributed by atoms with Gasteiger partial charge in [0.1, 0.15) is 6.04 Å². The van der Waals surface area contributed by atoms with Crippen LogP contribution in [0.25, 0.3) is 0 Å². The van der Waals surface area contributed by atoms with Gasteiger partial charge in [-0.2, -0.15) is 5.10 Å². The molecule has 1 aliphatic rings. The number of fused-ring (bicyclic) bond motifs is 1. The summed E-state index contributed by atoms with van der Waals surface area (Å²) >= 11 is 0. The molecule has 2 heterocycles. The normalized spacial score (nSPS) is 17.7. The van der Waals surface area contributed by atoms with Crippen molar-refractivity contribution in [3.8, 4) is 0 Å². The van der Waals surface area contributed by atoms with Crippen molar-refractivity contribution in [2.75, 3.05) is 26.8 Å². The maximum atomic E-state index is 12.3. The molecule has 1 aromatic rings. The van der Waals surface area contributed by atoms with Crippen LogP contribution in [-0.2, 0) is 20.9 Å². The van der Waals surface area contributed by atoms with Crippen molar-refractivity contribution in [3.63, 3.8) is 0 Å². The highest BCUT2D eigenvalue weighted by molar-refractivity contribution is 5.83. The molecule has 0 radical (unpaired) electrons. The molecule has 1 aromatic heterocycles. The zero-order valence-electron chi connectivity index (χ0n) is 12.7. The molecular formula is C14H22N4O3. The van der Waals surface area contributed by atoms with Crippen LogP contribution in [0.2, 0.25) is 0 Å². The Kier molecular flexibility index (Phi) is 4.95. The minimum absolute atomic E-state index is 0.0529. The average Bonchev–Trinajstić information content (AvgIpc) is 2.93. The first-order valence-electron chi connectivity index (χ1n) is 7.12. The van der Waals surface area contributed by atoms with E-state index in [1.165, 1.54) is 0 Å². The molecule has 116 valence electrons. The summed E-state index contributed by atoms with van der Waals surface area (Å²) in [5.41, 5.74) is 0.877. The highest BCUT2D eigenvalue weighted by Crippen LogP contribution is 2.21. The predicted octanol–water partition coefficient (Wildman–Crippen LogP) is 0.185. The molecule has 2 rings (SSSR count). The lowest BCUT2D eigenvalue weighted by atomic mass is 10.1. The molecule has 0 aromatic carbocycles. The molecule has 0 fully saturated rings. The molecule has 0 bridgehead atoms. The van der Waals surface area contributed by atoms with Gasteiger partial charge in [-0.15, -0.1) is 0 Å². The van der Waals surface area contributed by atoms with Crippen LogP contribution < -0.4 is 5.32 Å². The molecule has 21 heavy (non-hydrogen) atoms. The topological polar surface area (TPSA) is 76.5 Å². The Morgan fingerprint density at radius 3 is 2.95 bits per heavy atom. The number of amides is 2. The van der Waals surface area contributed by atoms with E-state index in [2.05, 4.69) is 10.4 Å². The average molecular weight is 294 g/mol. The number of nitrogens with one attached hydrogen (secondary N) is 1. The van der Waals surface area contributed by atoms with Crippen molar-refractivity contribution in [3.05, 3.63) is 18.0 Å². The Bertz CT molecular complexity index is 512. The predicted molar refractivity (Wildman–Crippen MR) is 76.4 cm³/mol. The van der Waals surface area contributed by atoms with Gasteiger partial charge in [-0.05, 0) is 6.07 Å². The van der Waals surface area contributed by atoms with Gasteiger partial charge in [0.2, 0.25) is 11.8 Å². The summed E-state index contributed by atoms with van der Waals surface area (Å²) in [7, 11) is 1.58. The van der Waals surface area contributed by atoms with Gasteiger partial charge in [-0.1, -0.05) is 13.8 Å². The molecule has 7 nitrogen and oxygen atoms in total. The first-order chi connectivity index (χ1) is 10.0.